The van der Waals surface area contributed by atoms with Crippen LogP contribution in [0.4, 0.5) is 0 Å². The van der Waals surface area contributed by atoms with Crippen molar-refractivity contribution in [2.75, 3.05) is 26.2 Å². The fourth-order valence-electron chi connectivity index (χ4n) is 6.22. The van der Waals surface area contributed by atoms with E-state index in [1.807, 2.05) is 0 Å². The largest absolute Gasteiger partial charge is 0.481 e. The molecule has 1 aromatic carbocycles. The van der Waals surface area contributed by atoms with E-state index in [1.54, 1.807) is 58.0 Å². The van der Waals surface area contributed by atoms with Gasteiger partial charge in [0.2, 0.25) is 47.3 Å². The highest BCUT2D eigenvalue weighted by atomic mass is 16.4. The lowest BCUT2D eigenvalue weighted by atomic mass is 10.0. The van der Waals surface area contributed by atoms with Gasteiger partial charge in [-0.3, -0.25) is 43.2 Å². The highest BCUT2D eigenvalue weighted by Crippen LogP contribution is 2.18. The number of benzene rings is 1. The summed E-state index contributed by atoms with van der Waals surface area (Å²) in [6, 6.07) is -0.293. The highest BCUT2D eigenvalue weighted by Gasteiger charge is 2.36. The number of nitrogens with two attached hydrogens (primary N) is 1. The number of likely N-dealkylation sites (tertiary alicyclic amines) is 1. The zero-order valence-corrected chi connectivity index (χ0v) is 34.9. The van der Waals surface area contributed by atoms with Gasteiger partial charge in [0.25, 0.3) is 0 Å². The number of carboxylic acid groups (broad SMARTS) is 2. The van der Waals surface area contributed by atoms with Gasteiger partial charge >= 0.3 is 11.9 Å². The Morgan fingerprint density at radius 2 is 1.34 bits per heavy atom. The second-order valence-corrected chi connectivity index (χ2v) is 15.4. The summed E-state index contributed by atoms with van der Waals surface area (Å²) in [5.74, 6) is -9.76. The van der Waals surface area contributed by atoms with E-state index >= 15 is 0 Å². The Kier molecular flexibility index (Phi) is 20.7. The van der Waals surface area contributed by atoms with E-state index in [0.717, 1.165) is 0 Å². The number of carbonyl (C=O) groups is 10. The van der Waals surface area contributed by atoms with Crippen molar-refractivity contribution < 1.29 is 63.3 Å². The predicted molar refractivity (Wildman–Crippen MR) is 215 cm³/mol. The number of hydrogen-bond acceptors (Lipinski definition) is 12. The van der Waals surface area contributed by atoms with E-state index in [1.165, 1.54) is 11.8 Å². The molecule has 0 bridgehead atoms. The van der Waals surface area contributed by atoms with E-state index in [2.05, 4.69) is 37.2 Å². The molecule has 338 valence electrons. The maximum Gasteiger partial charge on any atom is 0.326 e. The van der Waals surface area contributed by atoms with Crippen LogP contribution in [-0.4, -0.2) is 148 Å². The summed E-state index contributed by atoms with van der Waals surface area (Å²) >= 11 is 0. The van der Waals surface area contributed by atoms with Crippen LogP contribution in [0.15, 0.2) is 30.3 Å². The van der Waals surface area contributed by atoms with Crippen LogP contribution in [0, 0.1) is 11.8 Å². The zero-order chi connectivity index (χ0) is 46.0. The van der Waals surface area contributed by atoms with Crippen LogP contribution in [0.3, 0.4) is 0 Å². The van der Waals surface area contributed by atoms with E-state index < -0.39 is 134 Å². The Morgan fingerprint density at radius 3 is 1.92 bits per heavy atom. The van der Waals surface area contributed by atoms with Gasteiger partial charge in [-0.25, -0.2) is 4.79 Å². The molecule has 1 fully saturated rings. The number of aliphatic hydroxyl groups is 1. The zero-order valence-electron chi connectivity index (χ0n) is 34.9. The lowest BCUT2D eigenvalue weighted by molar-refractivity contribution is -0.143. The molecular formula is C39H59N9O13. The van der Waals surface area contributed by atoms with Gasteiger partial charge in [0.05, 0.1) is 32.2 Å². The van der Waals surface area contributed by atoms with Gasteiger partial charge in [0.1, 0.15) is 36.3 Å². The molecule has 22 nitrogen and oxygen atoms in total. The van der Waals surface area contributed by atoms with Gasteiger partial charge in [0.15, 0.2) is 0 Å². The standard InChI is InChI=1S/C39H59N9O13/c1-20(2)14-26(39(60)61)45-38(59)32(21(3)4)47-29(50)17-41-33(54)22(5)43-37(58)28-12-9-13-48(28)30(51)18-42-35(56)27(19-49)46-36(57)25(16-31(52)53)44-34(55)24(40)15-23-10-7-6-8-11-23/h6-8,10-11,20-22,24-28,32,49H,9,12-19,40H2,1-5H3,(H,41,54)(H,42,56)(H,43,58)(H,44,55)(H,45,59)(H,46,57)(H,47,50)(H,52,53)(H,60,61)/t22-,24-,25-,26-,27-,28-,32-/m0/s1. The number of aliphatic carboxylic acids is 2. The maximum absolute atomic E-state index is 13.2. The SMILES string of the molecule is CC(C)C[C@H](NC(=O)[C@@H](NC(=O)CNC(=O)[C@H](C)NC(=O)[C@@H]1CCCN1C(=O)CNC(=O)[C@H](CO)NC(=O)[C@H](CC(=O)O)NC(=O)[C@@H](N)Cc1ccccc1)C(C)C)C(=O)O. The van der Waals surface area contributed by atoms with Gasteiger partial charge in [-0.1, -0.05) is 58.0 Å². The van der Waals surface area contributed by atoms with Crippen molar-refractivity contribution in [1.82, 2.24) is 42.1 Å². The smallest absolute Gasteiger partial charge is 0.326 e. The number of rotatable bonds is 24. The van der Waals surface area contributed by atoms with Crippen LogP contribution in [-0.2, 0) is 54.4 Å². The number of hydrogen-bond donors (Lipinski definition) is 11. The molecule has 0 saturated carbocycles. The Labute approximate surface area is 352 Å². The molecule has 1 saturated heterocycles. The van der Waals surface area contributed by atoms with Crippen LogP contribution in [0.2, 0.25) is 0 Å². The van der Waals surface area contributed by atoms with Gasteiger partial charge < -0.3 is 63.2 Å². The number of aliphatic hydroxyl groups excluding tert-OH is 1. The van der Waals surface area contributed by atoms with Crippen molar-refractivity contribution in [3.63, 3.8) is 0 Å². The van der Waals surface area contributed by atoms with Crippen molar-refractivity contribution in [2.24, 2.45) is 17.6 Å². The topological polar surface area (TPSA) is 345 Å². The van der Waals surface area contributed by atoms with Gasteiger partial charge in [-0.15, -0.1) is 0 Å². The fourth-order valence-corrected chi connectivity index (χ4v) is 6.22. The third-order valence-electron chi connectivity index (χ3n) is 9.51. The quantitative estimate of drug-likeness (QED) is 0.0480. The summed E-state index contributed by atoms with van der Waals surface area (Å²) < 4.78 is 0. The molecule has 2 rings (SSSR count). The van der Waals surface area contributed by atoms with Crippen molar-refractivity contribution in [3.05, 3.63) is 35.9 Å². The van der Waals surface area contributed by atoms with Crippen molar-refractivity contribution >= 4 is 59.2 Å². The van der Waals surface area contributed by atoms with E-state index in [-0.39, 0.29) is 31.7 Å². The maximum atomic E-state index is 13.2. The van der Waals surface area contributed by atoms with Crippen LogP contribution in [0.1, 0.15) is 65.9 Å². The average Bonchev–Trinajstić information content (AvgIpc) is 3.69. The van der Waals surface area contributed by atoms with Gasteiger partial charge in [0, 0.05) is 6.54 Å². The van der Waals surface area contributed by atoms with E-state index in [9.17, 15) is 63.3 Å². The number of amides is 8. The van der Waals surface area contributed by atoms with Gasteiger partial charge in [-0.2, -0.15) is 0 Å². The normalized spacial score (nSPS) is 16.5. The van der Waals surface area contributed by atoms with Crippen LogP contribution in [0.5, 0.6) is 0 Å². The first-order valence-electron chi connectivity index (χ1n) is 19.9. The third-order valence-corrected chi connectivity index (χ3v) is 9.51. The lowest BCUT2D eigenvalue weighted by Gasteiger charge is -2.26. The Hall–Kier alpha value is -6.16. The molecule has 0 aliphatic carbocycles. The molecule has 1 aliphatic rings. The first kappa shape index (κ1) is 51.0. The molecule has 7 atom stereocenters. The molecule has 0 aromatic heterocycles. The summed E-state index contributed by atoms with van der Waals surface area (Å²) in [4.78, 5) is 128. The first-order valence-corrected chi connectivity index (χ1v) is 19.9. The third kappa shape index (κ3) is 17.2. The van der Waals surface area contributed by atoms with Crippen molar-refractivity contribution in [1.29, 1.82) is 0 Å². The molecule has 0 radical (unpaired) electrons. The fraction of sp³-hybridized carbons (Fsp3) is 0.590. The molecule has 22 heteroatoms. The molecule has 12 N–H and O–H groups in total. The Bertz CT molecular complexity index is 1740. The van der Waals surface area contributed by atoms with Crippen molar-refractivity contribution in [2.45, 2.75) is 109 Å². The monoisotopic (exact) mass is 861 g/mol. The molecule has 1 aromatic rings. The molecule has 8 amide bonds. The van der Waals surface area contributed by atoms with Gasteiger partial charge in [-0.05, 0) is 50.0 Å². The second kappa shape index (κ2) is 24.8. The van der Waals surface area contributed by atoms with E-state index in [4.69, 9.17) is 5.73 Å². The molecule has 1 heterocycles. The highest BCUT2D eigenvalue weighted by molar-refractivity contribution is 5.97. The van der Waals surface area contributed by atoms with Crippen LogP contribution < -0.4 is 43.0 Å². The summed E-state index contributed by atoms with van der Waals surface area (Å²) in [6.45, 7) is 6.12. The second-order valence-electron chi connectivity index (χ2n) is 15.4. The Morgan fingerprint density at radius 1 is 0.738 bits per heavy atom. The lowest BCUT2D eigenvalue weighted by Crippen LogP contribution is -2.58. The number of carboxylic acids is 2. The minimum atomic E-state index is -1.68. The molecule has 61 heavy (non-hydrogen) atoms. The summed E-state index contributed by atoms with van der Waals surface area (Å²) in [5.41, 5.74) is 6.67. The molecule has 1 aliphatic heterocycles. The number of nitrogens with zero attached hydrogens (tertiary/aromatic N) is 1. The van der Waals surface area contributed by atoms with Crippen molar-refractivity contribution in [3.8, 4) is 0 Å². The van der Waals surface area contributed by atoms with Crippen LogP contribution >= 0.6 is 0 Å². The number of carbonyl (C=O) groups excluding carboxylic acids is 8. The molecule has 0 spiro atoms. The number of nitrogens with one attached hydrogen (secondary N) is 7. The summed E-state index contributed by atoms with van der Waals surface area (Å²) in [6.07, 6.45) is -0.0143. The predicted octanol–water partition coefficient (Wildman–Crippen LogP) is -3.52. The summed E-state index contributed by atoms with van der Waals surface area (Å²) in [5, 5.41) is 45.1. The minimum absolute atomic E-state index is 0.0280. The minimum Gasteiger partial charge on any atom is -0.481 e. The van der Waals surface area contributed by atoms with Crippen LogP contribution in [0.25, 0.3) is 0 Å². The first-order chi connectivity index (χ1) is 28.6. The molecular weight excluding hydrogens is 802 g/mol. The van der Waals surface area contributed by atoms with E-state index in [0.29, 0.717) is 12.0 Å². The average molecular weight is 862 g/mol. The summed E-state index contributed by atoms with van der Waals surface area (Å²) in [7, 11) is 0. The Balaban J connectivity index is 1.91. The molecule has 0 unspecified atom stereocenters.